The maximum Gasteiger partial charge on any atom is 0.343 e. The van der Waals surface area contributed by atoms with Crippen LogP contribution in [0, 0.1) is 11.3 Å². The van der Waals surface area contributed by atoms with Crippen LogP contribution >= 0.6 is 0 Å². The number of carbonyl (C=O) groups excluding carboxylic acids is 2. The fraction of sp³-hybridized carbons (Fsp3) is 0.314. The van der Waals surface area contributed by atoms with Crippen LogP contribution in [0.25, 0.3) is 0 Å². The largest absolute Gasteiger partial charge is 0.494 e. The van der Waals surface area contributed by atoms with E-state index in [0.717, 1.165) is 46.8 Å². The summed E-state index contributed by atoms with van der Waals surface area (Å²) in [6, 6.07) is 35.1. The van der Waals surface area contributed by atoms with E-state index < -0.39 is 11.9 Å². The van der Waals surface area contributed by atoms with Crippen molar-refractivity contribution in [2.75, 3.05) is 13.2 Å². The number of hydrogen-bond donors (Lipinski definition) is 0. The van der Waals surface area contributed by atoms with Crippen molar-refractivity contribution in [1.29, 1.82) is 5.26 Å². The minimum absolute atomic E-state index is 0.0656. The smallest absolute Gasteiger partial charge is 0.343 e. The molecule has 0 aliphatic carbocycles. The Bertz CT molecular complexity index is 2020. The van der Waals surface area contributed by atoms with E-state index >= 15 is 0 Å². The highest BCUT2D eigenvalue weighted by atomic mass is 16.5. The molecule has 0 atom stereocenters. The Labute approximate surface area is 354 Å². The van der Waals surface area contributed by atoms with Crippen molar-refractivity contribution in [2.24, 2.45) is 9.98 Å². The third-order valence-electron chi connectivity index (χ3n) is 9.66. The van der Waals surface area contributed by atoms with Gasteiger partial charge < -0.3 is 18.9 Å². The molecule has 0 fully saturated rings. The molecule has 0 spiro atoms. The van der Waals surface area contributed by atoms with Gasteiger partial charge in [-0.3, -0.25) is 9.98 Å². The summed E-state index contributed by atoms with van der Waals surface area (Å²) in [6.07, 6.45) is 18.1. The summed E-state index contributed by atoms with van der Waals surface area (Å²) in [7, 11) is 0. The second kappa shape index (κ2) is 25.1. The molecular weight excluding hydrogens is 751 g/mol. The molecular formula is C51H55N3O6. The quantitative estimate of drug-likeness (QED) is 0.0263. The number of esters is 2. The Balaban J connectivity index is 1.08. The van der Waals surface area contributed by atoms with Crippen molar-refractivity contribution in [3.05, 3.63) is 143 Å². The minimum Gasteiger partial charge on any atom is -0.494 e. The third-order valence-corrected chi connectivity index (χ3v) is 9.66. The average molecular weight is 806 g/mol. The van der Waals surface area contributed by atoms with Gasteiger partial charge in [-0.05, 0) is 109 Å². The highest BCUT2D eigenvalue weighted by molar-refractivity contribution is 5.94. The lowest BCUT2D eigenvalue weighted by Crippen LogP contribution is -2.11. The molecule has 9 nitrogen and oxygen atoms in total. The number of benzene rings is 5. The van der Waals surface area contributed by atoms with E-state index in [9.17, 15) is 14.9 Å². The first kappa shape index (κ1) is 44.6. The summed E-state index contributed by atoms with van der Waals surface area (Å²) in [5.41, 5.74) is 3.92. The minimum atomic E-state index is -0.632. The summed E-state index contributed by atoms with van der Waals surface area (Å²) in [6.45, 7) is 5.86. The zero-order valence-electron chi connectivity index (χ0n) is 34.8. The molecule has 0 saturated carbocycles. The van der Waals surface area contributed by atoms with Crippen LogP contribution in [0.5, 0.6) is 23.0 Å². The number of carbonyl (C=O) groups is 2. The van der Waals surface area contributed by atoms with Gasteiger partial charge in [0.15, 0.2) is 0 Å². The highest BCUT2D eigenvalue weighted by Crippen LogP contribution is 2.25. The Kier molecular flexibility index (Phi) is 18.6. The predicted molar refractivity (Wildman–Crippen MR) is 239 cm³/mol. The van der Waals surface area contributed by atoms with E-state index in [0.29, 0.717) is 24.3 Å². The Morgan fingerprint density at radius 1 is 0.500 bits per heavy atom. The lowest BCUT2D eigenvalue weighted by atomic mass is 10.1. The molecule has 0 aromatic heterocycles. The number of rotatable bonds is 24. The third kappa shape index (κ3) is 15.7. The summed E-state index contributed by atoms with van der Waals surface area (Å²) in [4.78, 5) is 35.2. The van der Waals surface area contributed by atoms with Gasteiger partial charge in [-0.25, -0.2) is 9.59 Å². The molecule has 60 heavy (non-hydrogen) atoms. The van der Waals surface area contributed by atoms with E-state index in [-0.39, 0.29) is 17.1 Å². The van der Waals surface area contributed by atoms with Gasteiger partial charge in [0.05, 0.1) is 47.3 Å². The number of aliphatic imine (C=N–C) groups is 2. The normalized spacial score (nSPS) is 11.1. The van der Waals surface area contributed by atoms with Crippen molar-refractivity contribution in [3.63, 3.8) is 0 Å². The molecule has 0 heterocycles. The van der Waals surface area contributed by atoms with Crippen molar-refractivity contribution in [1.82, 2.24) is 0 Å². The zero-order valence-corrected chi connectivity index (χ0v) is 34.8. The topological polar surface area (TPSA) is 120 Å². The fourth-order valence-electron chi connectivity index (χ4n) is 6.20. The zero-order chi connectivity index (χ0) is 42.2. The number of unbranched alkanes of at least 4 members (excludes halogenated alkanes) is 10. The van der Waals surface area contributed by atoms with Crippen LogP contribution in [0.1, 0.15) is 128 Å². The second-order valence-electron chi connectivity index (χ2n) is 14.6. The molecule has 5 aromatic carbocycles. The predicted octanol–water partition coefficient (Wildman–Crippen LogP) is 13.0. The molecule has 0 bridgehead atoms. The van der Waals surface area contributed by atoms with Crippen LogP contribution in [0.4, 0.5) is 11.4 Å². The Hall–Kier alpha value is -6.53. The molecule has 5 rings (SSSR count). The van der Waals surface area contributed by atoms with Crippen molar-refractivity contribution in [3.8, 4) is 29.1 Å². The molecule has 0 aliphatic rings. The van der Waals surface area contributed by atoms with E-state index in [1.54, 1.807) is 61.0 Å². The molecule has 9 heteroatoms. The standard InChI is InChI=1S/C51H55N3O6/c1-3-5-7-9-11-13-31-57-46-27-23-44(24-28-46)53-37-39-15-19-42(20-16-39)50(55)59-48-33-41(36-52)34-49(35-48)60-51(56)43-21-17-40(18-22-43)38-54-45-25-29-47(30-26-45)58-32-14-12-10-8-6-4-2/h15-30,33-35,37-38H,3-14,31-32H2,1-2H3/b53-37+,54-38+. The van der Waals surface area contributed by atoms with Gasteiger partial charge in [-0.15, -0.1) is 0 Å². The number of nitrogens with zero attached hydrogens (tertiary/aromatic N) is 3. The molecule has 0 unspecified atom stereocenters. The van der Waals surface area contributed by atoms with Crippen molar-refractivity contribution in [2.45, 2.75) is 90.9 Å². The molecule has 0 radical (unpaired) electrons. The van der Waals surface area contributed by atoms with Gasteiger partial charge in [0.25, 0.3) is 0 Å². The fourth-order valence-corrected chi connectivity index (χ4v) is 6.20. The lowest BCUT2D eigenvalue weighted by molar-refractivity contribution is 0.0732. The van der Waals surface area contributed by atoms with Gasteiger partial charge >= 0.3 is 11.9 Å². The first-order valence-electron chi connectivity index (χ1n) is 21.2. The van der Waals surface area contributed by atoms with E-state index in [1.165, 1.54) is 82.4 Å². The average Bonchev–Trinajstić information content (AvgIpc) is 3.28. The molecule has 0 aliphatic heterocycles. The van der Waals surface area contributed by atoms with Gasteiger partial charge in [-0.1, -0.05) is 102 Å². The van der Waals surface area contributed by atoms with Crippen molar-refractivity contribution < 1.29 is 28.5 Å². The van der Waals surface area contributed by atoms with Crippen molar-refractivity contribution >= 4 is 35.7 Å². The first-order chi connectivity index (χ1) is 29.4. The van der Waals surface area contributed by atoms with Crippen LogP contribution < -0.4 is 18.9 Å². The number of hydrogen-bond acceptors (Lipinski definition) is 9. The van der Waals surface area contributed by atoms with Crippen LogP contribution in [0.2, 0.25) is 0 Å². The van der Waals surface area contributed by atoms with Gasteiger partial charge in [0.2, 0.25) is 0 Å². The number of ether oxygens (including phenoxy) is 4. The second-order valence-corrected chi connectivity index (χ2v) is 14.6. The summed E-state index contributed by atoms with van der Waals surface area (Å²) in [5, 5.41) is 9.62. The van der Waals surface area contributed by atoms with Crippen LogP contribution in [0.3, 0.4) is 0 Å². The molecule has 0 saturated heterocycles. The maximum atomic E-state index is 13.0. The first-order valence-corrected chi connectivity index (χ1v) is 21.2. The van der Waals surface area contributed by atoms with Gasteiger partial charge in [0, 0.05) is 18.5 Å². The molecule has 0 N–H and O–H groups in total. The Morgan fingerprint density at radius 3 is 1.27 bits per heavy atom. The summed E-state index contributed by atoms with van der Waals surface area (Å²) in [5.74, 6) is 0.517. The van der Waals surface area contributed by atoms with E-state index in [2.05, 4.69) is 23.8 Å². The number of nitriles is 1. The van der Waals surface area contributed by atoms with E-state index in [1.807, 2.05) is 54.6 Å². The summed E-state index contributed by atoms with van der Waals surface area (Å²) < 4.78 is 22.9. The highest BCUT2D eigenvalue weighted by Gasteiger charge is 2.14. The van der Waals surface area contributed by atoms with Crippen LogP contribution in [0.15, 0.2) is 125 Å². The lowest BCUT2D eigenvalue weighted by Gasteiger charge is -2.09. The van der Waals surface area contributed by atoms with Gasteiger partial charge in [-0.2, -0.15) is 5.26 Å². The summed E-state index contributed by atoms with van der Waals surface area (Å²) >= 11 is 0. The Morgan fingerprint density at radius 2 is 0.883 bits per heavy atom. The van der Waals surface area contributed by atoms with Crippen LogP contribution in [-0.2, 0) is 0 Å². The van der Waals surface area contributed by atoms with Gasteiger partial charge in [0.1, 0.15) is 23.0 Å². The SMILES string of the molecule is CCCCCCCCOc1ccc(/N=C/c2ccc(C(=O)Oc3cc(C#N)cc(OC(=O)c4ccc(/C=N/c5ccc(OCCCCCCCC)cc5)cc4)c3)cc2)cc1. The monoisotopic (exact) mass is 805 g/mol. The molecule has 5 aromatic rings. The van der Waals surface area contributed by atoms with Crippen LogP contribution in [-0.4, -0.2) is 37.6 Å². The maximum absolute atomic E-state index is 13.0. The molecule has 0 amide bonds. The molecule has 310 valence electrons. The van der Waals surface area contributed by atoms with E-state index in [4.69, 9.17) is 18.9 Å².